The molecule has 1 heterocycles. The molecular weight excluding hydrogens is 338 g/mol. The molecule has 0 radical (unpaired) electrons. The van der Waals surface area contributed by atoms with Crippen molar-refractivity contribution in [2.24, 2.45) is 0 Å². The van der Waals surface area contributed by atoms with Gasteiger partial charge in [-0.05, 0) is 28.4 Å². The Morgan fingerprint density at radius 2 is 2.25 bits per heavy atom. The van der Waals surface area contributed by atoms with Crippen LogP contribution in [-0.4, -0.2) is 29.2 Å². The average Bonchev–Trinajstić information content (AvgIpc) is 2.69. The number of amides is 1. The maximum absolute atomic E-state index is 12.1. The van der Waals surface area contributed by atoms with E-state index in [1.165, 1.54) is 6.26 Å². The molecule has 0 atom stereocenters. The van der Waals surface area contributed by atoms with Crippen LogP contribution >= 0.6 is 31.9 Å². The molecule has 0 aliphatic rings. The van der Waals surface area contributed by atoms with Crippen LogP contribution in [0.3, 0.4) is 0 Å². The SMILES string of the molecule is CCCCN(CCBr)C(=O)c1ccoc1Br. The second-order valence-corrected chi connectivity index (χ2v) is 4.96. The van der Waals surface area contributed by atoms with Crippen LogP contribution < -0.4 is 0 Å². The number of halogens is 2. The highest BCUT2D eigenvalue weighted by atomic mass is 79.9. The minimum absolute atomic E-state index is 0.0218. The van der Waals surface area contributed by atoms with Gasteiger partial charge in [0.25, 0.3) is 5.91 Å². The lowest BCUT2D eigenvalue weighted by atomic mass is 10.2. The van der Waals surface area contributed by atoms with E-state index in [4.69, 9.17) is 4.42 Å². The van der Waals surface area contributed by atoms with Crippen LogP contribution in [0.4, 0.5) is 0 Å². The van der Waals surface area contributed by atoms with E-state index < -0.39 is 0 Å². The predicted molar refractivity (Wildman–Crippen MR) is 71.0 cm³/mol. The molecular formula is C11H15Br2NO2. The smallest absolute Gasteiger partial charge is 0.258 e. The monoisotopic (exact) mass is 351 g/mol. The number of unbranched alkanes of at least 4 members (excludes halogenated alkanes) is 1. The highest BCUT2D eigenvalue weighted by Gasteiger charge is 2.18. The van der Waals surface area contributed by atoms with Crippen molar-refractivity contribution >= 4 is 37.8 Å². The second-order valence-electron chi connectivity index (χ2n) is 3.44. The molecule has 0 saturated carbocycles. The normalized spacial score (nSPS) is 10.4. The van der Waals surface area contributed by atoms with Crippen LogP contribution in [0.15, 0.2) is 21.4 Å². The number of carbonyl (C=O) groups is 1. The fourth-order valence-electron chi connectivity index (χ4n) is 1.38. The van der Waals surface area contributed by atoms with E-state index in [9.17, 15) is 4.79 Å². The van der Waals surface area contributed by atoms with Gasteiger partial charge in [0.15, 0.2) is 4.67 Å². The van der Waals surface area contributed by atoms with Gasteiger partial charge >= 0.3 is 0 Å². The first-order valence-corrected chi connectivity index (χ1v) is 7.20. The van der Waals surface area contributed by atoms with E-state index in [2.05, 4.69) is 38.8 Å². The molecule has 0 spiro atoms. The quantitative estimate of drug-likeness (QED) is 0.732. The van der Waals surface area contributed by atoms with Crippen LogP contribution in [0.2, 0.25) is 0 Å². The molecule has 0 N–H and O–H groups in total. The van der Waals surface area contributed by atoms with Crippen molar-refractivity contribution in [3.63, 3.8) is 0 Å². The van der Waals surface area contributed by atoms with Crippen molar-refractivity contribution in [1.29, 1.82) is 0 Å². The molecule has 1 aromatic rings. The highest BCUT2D eigenvalue weighted by molar-refractivity contribution is 9.10. The van der Waals surface area contributed by atoms with E-state index in [-0.39, 0.29) is 5.91 Å². The molecule has 0 aromatic carbocycles. The summed E-state index contributed by atoms with van der Waals surface area (Å²) in [6.07, 6.45) is 3.62. The van der Waals surface area contributed by atoms with Crippen LogP contribution in [-0.2, 0) is 0 Å². The maximum Gasteiger partial charge on any atom is 0.258 e. The molecule has 0 aliphatic heterocycles. The van der Waals surface area contributed by atoms with E-state index in [0.717, 1.165) is 31.3 Å². The van der Waals surface area contributed by atoms with Crippen molar-refractivity contribution in [2.45, 2.75) is 19.8 Å². The molecule has 0 unspecified atom stereocenters. The fraction of sp³-hybridized carbons (Fsp3) is 0.545. The van der Waals surface area contributed by atoms with Crippen molar-refractivity contribution in [3.8, 4) is 0 Å². The first-order chi connectivity index (χ1) is 7.70. The van der Waals surface area contributed by atoms with Crippen LogP contribution in [0.1, 0.15) is 30.1 Å². The minimum Gasteiger partial charge on any atom is -0.457 e. The van der Waals surface area contributed by atoms with Gasteiger partial charge in [0.05, 0.1) is 11.8 Å². The summed E-state index contributed by atoms with van der Waals surface area (Å²) in [4.78, 5) is 14.0. The van der Waals surface area contributed by atoms with Crippen molar-refractivity contribution in [3.05, 3.63) is 22.6 Å². The lowest BCUT2D eigenvalue weighted by Gasteiger charge is -2.20. The summed E-state index contributed by atoms with van der Waals surface area (Å²) in [5.41, 5.74) is 0.594. The Kier molecular flexibility index (Phi) is 6.13. The van der Waals surface area contributed by atoms with E-state index in [1.807, 2.05) is 4.90 Å². The molecule has 0 fully saturated rings. The lowest BCUT2D eigenvalue weighted by Crippen LogP contribution is -2.33. The van der Waals surface area contributed by atoms with Gasteiger partial charge < -0.3 is 9.32 Å². The zero-order valence-corrected chi connectivity index (χ0v) is 12.4. The average molecular weight is 353 g/mol. The van der Waals surface area contributed by atoms with Gasteiger partial charge in [0.1, 0.15) is 0 Å². The third-order valence-electron chi connectivity index (χ3n) is 2.27. The van der Waals surface area contributed by atoms with Crippen molar-refractivity contribution < 1.29 is 9.21 Å². The molecule has 0 bridgehead atoms. The van der Waals surface area contributed by atoms with E-state index in [1.54, 1.807) is 6.07 Å². The maximum atomic E-state index is 12.1. The zero-order valence-electron chi connectivity index (χ0n) is 9.21. The fourth-order valence-corrected chi connectivity index (χ4v) is 2.22. The van der Waals surface area contributed by atoms with Gasteiger partial charge in [-0.25, -0.2) is 0 Å². The molecule has 1 rings (SSSR count). The number of nitrogens with zero attached hydrogens (tertiary/aromatic N) is 1. The standard InChI is InChI=1S/C11H15Br2NO2/c1-2-3-6-14(7-5-12)11(15)9-4-8-16-10(9)13/h4,8H,2-3,5-7H2,1H3. The topological polar surface area (TPSA) is 33.5 Å². The minimum atomic E-state index is 0.0218. The van der Waals surface area contributed by atoms with Crippen molar-refractivity contribution in [2.75, 3.05) is 18.4 Å². The summed E-state index contributed by atoms with van der Waals surface area (Å²) in [5, 5.41) is 0.790. The first-order valence-electron chi connectivity index (χ1n) is 5.29. The van der Waals surface area contributed by atoms with Gasteiger partial charge in [0.2, 0.25) is 0 Å². The van der Waals surface area contributed by atoms with Gasteiger partial charge in [-0.3, -0.25) is 4.79 Å². The molecule has 1 aromatic heterocycles. The third kappa shape index (κ3) is 3.63. The largest absolute Gasteiger partial charge is 0.457 e. The molecule has 16 heavy (non-hydrogen) atoms. The molecule has 1 amide bonds. The van der Waals surface area contributed by atoms with Gasteiger partial charge in [-0.1, -0.05) is 29.3 Å². The Morgan fingerprint density at radius 3 is 2.75 bits per heavy atom. The summed E-state index contributed by atoms with van der Waals surface area (Å²) < 4.78 is 5.58. The Morgan fingerprint density at radius 1 is 1.50 bits per heavy atom. The Hall–Kier alpha value is -0.290. The van der Waals surface area contributed by atoms with Gasteiger partial charge in [-0.15, -0.1) is 0 Å². The van der Waals surface area contributed by atoms with Crippen molar-refractivity contribution in [1.82, 2.24) is 4.90 Å². The van der Waals surface area contributed by atoms with Crippen LogP contribution in [0.5, 0.6) is 0 Å². The predicted octanol–water partition coefficient (Wildman–Crippen LogP) is 3.68. The highest BCUT2D eigenvalue weighted by Crippen LogP contribution is 2.19. The number of furan rings is 1. The summed E-state index contributed by atoms with van der Waals surface area (Å²) in [5.74, 6) is 0.0218. The lowest BCUT2D eigenvalue weighted by molar-refractivity contribution is 0.0762. The third-order valence-corrected chi connectivity index (χ3v) is 3.24. The first kappa shape index (κ1) is 13.8. The Labute approximate surface area is 112 Å². The number of hydrogen-bond acceptors (Lipinski definition) is 2. The summed E-state index contributed by atoms with van der Waals surface area (Å²) in [7, 11) is 0. The number of rotatable bonds is 6. The molecule has 0 saturated heterocycles. The second kappa shape index (κ2) is 7.12. The molecule has 3 nitrogen and oxygen atoms in total. The van der Waals surface area contributed by atoms with E-state index in [0.29, 0.717) is 10.2 Å². The zero-order chi connectivity index (χ0) is 12.0. The molecule has 0 aliphatic carbocycles. The Bertz CT molecular complexity index is 338. The van der Waals surface area contributed by atoms with Gasteiger partial charge in [-0.2, -0.15) is 0 Å². The Balaban J connectivity index is 2.70. The van der Waals surface area contributed by atoms with Crippen LogP contribution in [0, 0.1) is 0 Å². The number of hydrogen-bond donors (Lipinski definition) is 0. The summed E-state index contributed by atoms with van der Waals surface area (Å²) >= 11 is 6.59. The van der Waals surface area contributed by atoms with E-state index >= 15 is 0 Å². The molecule has 90 valence electrons. The van der Waals surface area contributed by atoms with Gasteiger partial charge in [0, 0.05) is 18.4 Å². The summed E-state index contributed by atoms with van der Waals surface area (Å²) in [6, 6.07) is 1.69. The number of alkyl halides is 1. The van der Waals surface area contributed by atoms with Crippen LogP contribution in [0.25, 0.3) is 0 Å². The molecule has 5 heteroatoms. The summed E-state index contributed by atoms with van der Waals surface area (Å²) in [6.45, 7) is 3.62. The number of carbonyl (C=O) groups excluding carboxylic acids is 1.